The zero-order valence-corrected chi connectivity index (χ0v) is 7.56. The minimum Gasteiger partial charge on any atom is -0.390 e. The molecule has 5 atom stereocenters. The molecule has 0 aromatic heterocycles. The van der Waals surface area contributed by atoms with Crippen molar-refractivity contribution in [3.05, 3.63) is 6.54 Å². The normalized spacial score (nSPS) is 51.5. The van der Waals surface area contributed by atoms with Gasteiger partial charge in [0.15, 0.2) is 0 Å². The van der Waals surface area contributed by atoms with Gasteiger partial charge in [-0.3, -0.25) is 0 Å². The SMILES string of the molecule is OC1CC2C(O)CC[CH][NH+]2CC1O. The van der Waals surface area contributed by atoms with E-state index in [0.717, 1.165) is 17.7 Å². The number of aliphatic hydroxyl groups is 3. The van der Waals surface area contributed by atoms with Gasteiger partial charge in [0, 0.05) is 12.8 Å². The van der Waals surface area contributed by atoms with Crippen molar-refractivity contribution in [1.29, 1.82) is 0 Å². The fourth-order valence-electron chi connectivity index (χ4n) is 2.38. The zero-order valence-electron chi connectivity index (χ0n) is 7.56. The van der Waals surface area contributed by atoms with E-state index >= 15 is 0 Å². The van der Waals surface area contributed by atoms with Crippen molar-refractivity contribution in [3.8, 4) is 0 Å². The Hall–Kier alpha value is -0.160. The van der Waals surface area contributed by atoms with Gasteiger partial charge in [0.05, 0.1) is 6.10 Å². The van der Waals surface area contributed by atoms with E-state index in [1.165, 1.54) is 0 Å². The first-order valence-electron chi connectivity index (χ1n) is 4.91. The van der Waals surface area contributed by atoms with E-state index in [1.54, 1.807) is 0 Å². The van der Waals surface area contributed by atoms with Crippen LogP contribution in [-0.2, 0) is 0 Å². The summed E-state index contributed by atoms with van der Waals surface area (Å²) in [6.45, 7) is 2.63. The van der Waals surface area contributed by atoms with Crippen LogP contribution in [0.1, 0.15) is 19.3 Å². The molecule has 2 saturated heterocycles. The maximum absolute atomic E-state index is 9.67. The molecule has 0 bridgehead atoms. The molecule has 4 heteroatoms. The van der Waals surface area contributed by atoms with Crippen LogP contribution in [0.2, 0.25) is 0 Å². The number of aliphatic hydroxyl groups excluding tert-OH is 3. The molecule has 5 unspecified atom stereocenters. The van der Waals surface area contributed by atoms with E-state index in [9.17, 15) is 15.3 Å². The molecule has 0 saturated carbocycles. The average molecular weight is 187 g/mol. The van der Waals surface area contributed by atoms with Crippen molar-refractivity contribution in [3.63, 3.8) is 0 Å². The summed E-state index contributed by atoms with van der Waals surface area (Å²) < 4.78 is 0. The van der Waals surface area contributed by atoms with Gasteiger partial charge in [-0.15, -0.1) is 0 Å². The van der Waals surface area contributed by atoms with Crippen molar-refractivity contribution >= 4 is 0 Å². The second-order valence-electron chi connectivity index (χ2n) is 4.10. The maximum Gasteiger partial charge on any atom is 0.140 e. The monoisotopic (exact) mass is 187 g/mol. The number of hydrogen-bond donors (Lipinski definition) is 4. The van der Waals surface area contributed by atoms with Crippen molar-refractivity contribution in [1.82, 2.24) is 0 Å². The predicted molar refractivity (Wildman–Crippen MR) is 45.8 cm³/mol. The molecule has 4 N–H and O–H groups in total. The van der Waals surface area contributed by atoms with E-state index in [4.69, 9.17) is 0 Å². The molecule has 1 radical (unpaired) electrons. The fourth-order valence-corrected chi connectivity index (χ4v) is 2.38. The van der Waals surface area contributed by atoms with E-state index in [-0.39, 0.29) is 12.1 Å². The lowest BCUT2D eigenvalue weighted by molar-refractivity contribution is -0.915. The van der Waals surface area contributed by atoms with Gasteiger partial charge in [0.25, 0.3) is 0 Å². The summed E-state index contributed by atoms with van der Waals surface area (Å²) in [5.74, 6) is 0. The van der Waals surface area contributed by atoms with Crippen molar-refractivity contribution < 1.29 is 20.2 Å². The number of fused-ring (bicyclic) bond motifs is 1. The van der Waals surface area contributed by atoms with Crippen LogP contribution in [0.4, 0.5) is 0 Å². The summed E-state index contributed by atoms with van der Waals surface area (Å²) in [5, 5.41) is 28.6. The lowest BCUT2D eigenvalue weighted by Gasteiger charge is -2.41. The van der Waals surface area contributed by atoms with Gasteiger partial charge in [0.1, 0.15) is 31.3 Å². The topological polar surface area (TPSA) is 65.1 Å². The minimum atomic E-state index is -0.658. The van der Waals surface area contributed by atoms with Gasteiger partial charge in [-0.2, -0.15) is 0 Å². The van der Waals surface area contributed by atoms with Crippen LogP contribution in [0, 0.1) is 6.54 Å². The molecule has 2 fully saturated rings. The Balaban J connectivity index is 2.04. The predicted octanol–water partition coefficient (Wildman–Crippen LogP) is -2.32. The molecule has 0 aromatic rings. The number of nitrogens with one attached hydrogen (secondary N) is 1. The number of hydrogen-bond acceptors (Lipinski definition) is 3. The number of rotatable bonds is 0. The molecule has 13 heavy (non-hydrogen) atoms. The summed E-state index contributed by atoms with van der Waals surface area (Å²) in [5.41, 5.74) is 0. The molecule has 0 amide bonds. The van der Waals surface area contributed by atoms with Gasteiger partial charge in [-0.25, -0.2) is 0 Å². The fraction of sp³-hybridized carbons (Fsp3) is 0.889. The quantitative estimate of drug-likeness (QED) is 0.344. The summed E-state index contributed by atoms with van der Waals surface area (Å²) in [4.78, 5) is 1.14. The Labute approximate surface area is 77.8 Å². The highest BCUT2D eigenvalue weighted by atomic mass is 16.3. The molecule has 75 valence electrons. The molecule has 0 aliphatic carbocycles. The summed E-state index contributed by atoms with van der Waals surface area (Å²) in [6.07, 6.45) is 0.589. The molecular formula is C9H17NO3+. The lowest BCUT2D eigenvalue weighted by Crippen LogP contribution is -3.18. The van der Waals surface area contributed by atoms with E-state index in [1.807, 2.05) is 0 Å². The minimum absolute atomic E-state index is 0.0900. The van der Waals surface area contributed by atoms with Crippen molar-refractivity contribution in [2.24, 2.45) is 0 Å². The zero-order chi connectivity index (χ0) is 9.42. The van der Waals surface area contributed by atoms with Crippen molar-refractivity contribution in [2.45, 2.75) is 43.6 Å². The van der Waals surface area contributed by atoms with Crippen LogP contribution in [0.5, 0.6) is 0 Å². The molecule has 4 nitrogen and oxygen atoms in total. The van der Waals surface area contributed by atoms with Crippen LogP contribution in [0.25, 0.3) is 0 Å². The van der Waals surface area contributed by atoms with E-state index in [2.05, 4.69) is 6.54 Å². The highest BCUT2D eigenvalue weighted by molar-refractivity contribution is 4.84. The first-order valence-corrected chi connectivity index (χ1v) is 4.91. The highest BCUT2D eigenvalue weighted by Gasteiger charge is 2.42. The summed E-state index contributed by atoms with van der Waals surface area (Å²) in [7, 11) is 0. The van der Waals surface area contributed by atoms with Crippen LogP contribution in [0.15, 0.2) is 0 Å². The Bertz CT molecular complexity index is 188. The van der Waals surface area contributed by atoms with Gasteiger partial charge in [0.2, 0.25) is 0 Å². The third-order valence-corrected chi connectivity index (χ3v) is 3.19. The average Bonchev–Trinajstić information content (AvgIpc) is 2.09. The van der Waals surface area contributed by atoms with Crippen LogP contribution >= 0.6 is 0 Å². The summed E-state index contributed by atoms with van der Waals surface area (Å²) in [6, 6.07) is 0.0900. The maximum atomic E-state index is 9.67. The molecule has 2 rings (SSSR count). The third kappa shape index (κ3) is 1.72. The summed E-state index contributed by atoms with van der Waals surface area (Å²) >= 11 is 0. The van der Waals surface area contributed by atoms with E-state index < -0.39 is 12.2 Å². The molecule has 0 aromatic carbocycles. The third-order valence-electron chi connectivity index (χ3n) is 3.19. The molecule has 0 spiro atoms. The molecule has 2 heterocycles. The number of piperidine rings is 2. The second kappa shape index (κ2) is 3.53. The number of quaternary nitrogens is 1. The van der Waals surface area contributed by atoms with Gasteiger partial charge >= 0.3 is 0 Å². The van der Waals surface area contributed by atoms with E-state index in [0.29, 0.717) is 13.0 Å². The molecule has 2 aliphatic heterocycles. The molecular weight excluding hydrogens is 170 g/mol. The standard InChI is InChI=1S/C9H17NO3/c11-7-2-1-3-10-5-9(13)8(12)4-6(7)10/h3,6-13H,1-2,4-5H2/q+1. The Morgan fingerprint density at radius 2 is 1.85 bits per heavy atom. The van der Waals surface area contributed by atoms with Crippen LogP contribution < -0.4 is 4.90 Å². The first kappa shape index (κ1) is 9.40. The first-order chi connectivity index (χ1) is 6.18. The Morgan fingerprint density at radius 1 is 1.08 bits per heavy atom. The van der Waals surface area contributed by atoms with Gasteiger partial charge in [-0.05, 0) is 6.42 Å². The molecule has 2 aliphatic rings. The van der Waals surface area contributed by atoms with Crippen LogP contribution in [-0.4, -0.2) is 46.2 Å². The van der Waals surface area contributed by atoms with Crippen LogP contribution in [0.3, 0.4) is 0 Å². The smallest absolute Gasteiger partial charge is 0.140 e. The second-order valence-corrected chi connectivity index (χ2v) is 4.10. The Morgan fingerprint density at radius 3 is 2.62 bits per heavy atom. The van der Waals surface area contributed by atoms with Gasteiger partial charge < -0.3 is 20.2 Å². The highest BCUT2D eigenvalue weighted by Crippen LogP contribution is 2.16. The lowest BCUT2D eigenvalue weighted by atomic mass is 9.88. The Kier molecular flexibility index (Phi) is 2.55. The van der Waals surface area contributed by atoms with Gasteiger partial charge in [-0.1, -0.05) is 0 Å². The van der Waals surface area contributed by atoms with Crippen molar-refractivity contribution in [2.75, 3.05) is 6.54 Å². The largest absolute Gasteiger partial charge is 0.390 e.